The van der Waals surface area contributed by atoms with Gasteiger partial charge in [-0.1, -0.05) is 66.7 Å². The van der Waals surface area contributed by atoms with Gasteiger partial charge in [-0.05, 0) is 48.6 Å². The molecule has 1 atom stereocenters. The van der Waals surface area contributed by atoms with E-state index in [1.165, 1.54) is 23.5 Å². The summed E-state index contributed by atoms with van der Waals surface area (Å²) in [4.78, 5) is 24.2. The Bertz CT molecular complexity index is 1350. The van der Waals surface area contributed by atoms with Crippen LogP contribution in [-0.2, 0) is 22.1 Å². The van der Waals surface area contributed by atoms with E-state index in [1.54, 1.807) is 4.90 Å². The third-order valence-corrected chi connectivity index (χ3v) is 9.14. The molecule has 1 saturated heterocycles. The number of thioether (sulfide) groups is 1. The fourth-order valence-corrected chi connectivity index (χ4v) is 6.91. The zero-order valence-electron chi connectivity index (χ0n) is 20.9. The molecule has 2 aromatic carbocycles. The Hall–Kier alpha value is -2.62. The van der Waals surface area contributed by atoms with Crippen LogP contribution in [0.25, 0.3) is 0 Å². The number of aromatic nitrogens is 2. The molecular formula is C27H30ClN3O4S2. The molecule has 4 rings (SSSR count). The number of carbonyl (C=O) groups is 1. The number of nitrogens with zero attached hydrogens (tertiary/aromatic N) is 3. The summed E-state index contributed by atoms with van der Waals surface area (Å²) in [5.41, 5.74) is 3.26. The molecule has 1 aliphatic rings. The van der Waals surface area contributed by atoms with E-state index in [-0.39, 0.29) is 28.8 Å². The molecule has 1 aromatic heterocycles. The van der Waals surface area contributed by atoms with Crippen LogP contribution in [0, 0.1) is 6.92 Å². The number of halogens is 1. The smallest absolute Gasteiger partial charge is 0.274 e. The molecule has 196 valence electrons. The van der Waals surface area contributed by atoms with Crippen LogP contribution in [0.5, 0.6) is 5.75 Å². The molecule has 1 aliphatic heterocycles. The van der Waals surface area contributed by atoms with Crippen LogP contribution in [0.2, 0.25) is 5.02 Å². The Balaban J connectivity index is 1.57. The third kappa shape index (κ3) is 7.24. The molecule has 0 bridgehead atoms. The lowest BCUT2D eigenvalue weighted by Crippen LogP contribution is -2.41. The average Bonchev–Trinajstić information content (AvgIpc) is 3.25. The van der Waals surface area contributed by atoms with Gasteiger partial charge in [-0.3, -0.25) is 4.79 Å². The molecule has 1 unspecified atom stereocenters. The fourth-order valence-electron chi connectivity index (χ4n) is 4.12. The number of carbonyl (C=O) groups excluding carboxylic acids is 1. The highest BCUT2D eigenvalue weighted by Crippen LogP contribution is 2.27. The number of amides is 1. The average molecular weight is 560 g/mol. The van der Waals surface area contributed by atoms with E-state index < -0.39 is 21.8 Å². The van der Waals surface area contributed by atoms with Crippen molar-refractivity contribution >= 4 is 39.1 Å². The lowest BCUT2D eigenvalue weighted by atomic mass is 10.1. The number of ether oxygens (including phenoxy) is 1. The van der Waals surface area contributed by atoms with Crippen LogP contribution < -0.4 is 4.74 Å². The number of hydrogen-bond acceptors (Lipinski definition) is 7. The molecule has 1 amide bonds. The first-order valence-corrected chi connectivity index (χ1v) is 15.4. The van der Waals surface area contributed by atoms with E-state index in [9.17, 15) is 13.2 Å². The van der Waals surface area contributed by atoms with Crippen molar-refractivity contribution in [1.82, 2.24) is 14.9 Å². The summed E-state index contributed by atoms with van der Waals surface area (Å²) >= 11 is 7.82. The molecule has 10 heteroatoms. The molecule has 0 N–H and O–H groups in total. The first-order valence-electron chi connectivity index (χ1n) is 12.2. The number of sulfone groups is 1. The minimum atomic E-state index is -3.21. The van der Waals surface area contributed by atoms with Gasteiger partial charge < -0.3 is 9.64 Å². The van der Waals surface area contributed by atoms with Gasteiger partial charge in [0, 0.05) is 18.3 Å². The van der Waals surface area contributed by atoms with Crippen molar-refractivity contribution in [2.75, 3.05) is 18.1 Å². The maximum atomic E-state index is 13.8. The largest absolute Gasteiger partial charge is 0.494 e. The van der Waals surface area contributed by atoms with Crippen molar-refractivity contribution in [2.24, 2.45) is 0 Å². The second-order valence-corrected chi connectivity index (χ2v) is 12.6. The Kier molecular flexibility index (Phi) is 9.10. The molecule has 2 heterocycles. The molecule has 7 nitrogen and oxygen atoms in total. The summed E-state index contributed by atoms with van der Waals surface area (Å²) in [6, 6.07) is 15.1. The van der Waals surface area contributed by atoms with Gasteiger partial charge >= 0.3 is 0 Å². The van der Waals surface area contributed by atoms with Crippen LogP contribution in [-0.4, -0.2) is 53.3 Å². The number of rotatable bonds is 10. The summed E-state index contributed by atoms with van der Waals surface area (Å²) in [6.07, 6.45) is 2.72. The lowest BCUT2D eigenvalue weighted by molar-refractivity contribution is 0.0674. The molecule has 0 saturated carbocycles. The highest BCUT2D eigenvalue weighted by Gasteiger charge is 2.36. The summed E-state index contributed by atoms with van der Waals surface area (Å²) in [6.45, 7) is 4.95. The van der Waals surface area contributed by atoms with Gasteiger partial charge in [0.25, 0.3) is 5.91 Å². The van der Waals surface area contributed by atoms with Crippen LogP contribution in [0.4, 0.5) is 0 Å². The van der Waals surface area contributed by atoms with Gasteiger partial charge in [0.05, 0.1) is 29.3 Å². The molecular weight excluding hydrogens is 530 g/mol. The van der Waals surface area contributed by atoms with Gasteiger partial charge in [0.1, 0.15) is 5.75 Å². The topological polar surface area (TPSA) is 89.5 Å². The number of hydrogen-bond donors (Lipinski definition) is 0. The number of benzene rings is 2. The lowest BCUT2D eigenvalue weighted by Gasteiger charge is -2.28. The van der Waals surface area contributed by atoms with Gasteiger partial charge in [0.2, 0.25) is 0 Å². The summed E-state index contributed by atoms with van der Waals surface area (Å²) in [5.74, 6) is 0.979. The van der Waals surface area contributed by atoms with Crippen molar-refractivity contribution < 1.29 is 17.9 Å². The van der Waals surface area contributed by atoms with Gasteiger partial charge in [-0.2, -0.15) is 0 Å². The van der Waals surface area contributed by atoms with Crippen molar-refractivity contribution in [3.8, 4) is 5.75 Å². The predicted octanol–water partition coefficient (Wildman–Crippen LogP) is 5.35. The molecule has 3 aromatic rings. The standard InChI is InChI=1S/C27H30ClN3O4S2/c1-3-13-35-23-10-8-20(9-11-23)16-31(22-12-14-37(33,34)18-22)26(32)25-24(28)15-29-27(30-25)36-17-21-7-5-4-6-19(21)2/h4-11,15,22H,3,12-14,16-18H2,1-2H3. The van der Waals surface area contributed by atoms with E-state index in [2.05, 4.69) is 9.97 Å². The first-order chi connectivity index (χ1) is 17.8. The van der Waals surface area contributed by atoms with Crippen molar-refractivity contribution in [3.05, 3.63) is 82.1 Å². The zero-order valence-corrected chi connectivity index (χ0v) is 23.3. The fraction of sp³-hybridized carbons (Fsp3) is 0.370. The quantitative estimate of drug-likeness (QED) is 0.244. The van der Waals surface area contributed by atoms with Gasteiger partial charge in [-0.15, -0.1) is 0 Å². The maximum Gasteiger partial charge on any atom is 0.274 e. The Morgan fingerprint density at radius 1 is 1.19 bits per heavy atom. The van der Waals surface area contributed by atoms with Crippen molar-refractivity contribution in [2.45, 2.75) is 50.2 Å². The van der Waals surface area contributed by atoms with E-state index in [1.807, 2.05) is 62.4 Å². The zero-order chi connectivity index (χ0) is 26.4. The molecule has 0 spiro atoms. The second kappa shape index (κ2) is 12.3. The minimum Gasteiger partial charge on any atom is -0.494 e. The van der Waals surface area contributed by atoms with Crippen LogP contribution in [0.15, 0.2) is 59.9 Å². The van der Waals surface area contributed by atoms with E-state index in [0.29, 0.717) is 23.9 Å². The summed E-state index contributed by atoms with van der Waals surface area (Å²) in [7, 11) is -3.21. The number of aryl methyl sites for hydroxylation is 1. The monoisotopic (exact) mass is 559 g/mol. The highest BCUT2D eigenvalue weighted by atomic mass is 35.5. The van der Waals surface area contributed by atoms with E-state index in [4.69, 9.17) is 16.3 Å². The summed E-state index contributed by atoms with van der Waals surface area (Å²) in [5, 5.41) is 0.576. The first kappa shape index (κ1) is 27.4. The van der Waals surface area contributed by atoms with Crippen molar-refractivity contribution in [1.29, 1.82) is 0 Å². The molecule has 0 aliphatic carbocycles. The van der Waals surface area contributed by atoms with E-state index in [0.717, 1.165) is 23.3 Å². The van der Waals surface area contributed by atoms with E-state index >= 15 is 0 Å². The normalized spacial score (nSPS) is 16.5. The SMILES string of the molecule is CCCOc1ccc(CN(C(=O)c2nc(SCc3ccccc3C)ncc2Cl)C2CCS(=O)(=O)C2)cc1. The Morgan fingerprint density at radius 2 is 1.95 bits per heavy atom. The van der Waals surface area contributed by atoms with Crippen molar-refractivity contribution in [3.63, 3.8) is 0 Å². The van der Waals surface area contributed by atoms with Gasteiger partial charge in [0.15, 0.2) is 20.7 Å². The summed E-state index contributed by atoms with van der Waals surface area (Å²) < 4.78 is 30.2. The third-order valence-electron chi connectivity index (χ3n) is 6.20. The second-order valence-electron chi connectivity index (χ2n) is 9.05. The van der Waals surface area contributed by atoms with Crippen LogP contribution >= 0.6 is 23.4 Å². The molecule has 37 heavy (non-hydrogen) atoms. The molecule has 1 fully saturated rings. The minimum absolute atomic E-state index is 0.0558. The van der Waals surface area contributed by atoms with Crippen LogP contribution in [0.1, 0.15) is 46.9 Å². The maximum absolute atomic E-state index is 13.8. The van der Waals surface area contributed by atoms with Crippen LogP contribution in [0.3, 0.4) is 0 Å². The Morgan fingerprint density at radius 3 is 2.62 bits per heavy atom. The Labute approximate surface area is 227 Å². The highest BCUT2D eigenvalue weighted by molar-refractivity contribution is 7.98. The predicted molar refractivity (Wildman–Crippen MR) is 147 cm³/mol. The molecule has 0 radical (unpaired) electrons. The van der Waals surface area contributed by atoms with Gasteiger partial charge in [-0.25, -0.2) is 18.4 Å².